The topological polar surface area (TPSA) is 213 Å². The van der Waals surface area contributed by atoms with Crippen LogP contribution in [0, 0.1) is 5.92 Å². The number of aromatic hydroxyl groups is 3. The third-order valence-corrected chi connectivity index (χ3v) is 9.07. The van der Waals surface area contributed by atoms with Crippen LogP contribution in [0.5, 0.6) is 40.2 Å². The van der Waals surface area contributed by atoms with E-state index in [-0.39, 0.29) is 40.9 Å². The van der Waals surface area contributed by atoms with Gasteiger partial charge in [0.25, 0.3) is 0 Å². The molecule has 5 atom stereocenters. The van der Waals surface area contributed by atoms with Crippen LogP contribution in [0.1, 0.15) is 79.1 Å². The van der Waals surface area contributed by atoms with Crippen LogP contribution in [0.2, 0.25) is 0 Å². The van der Waals surface area contributed by atoms with E-state index >= 15 is 0 Å². The lowest BCUT2D eigenvalue weighted by molar-refractivity contribution is -0.155. The maximum Gasteiger partial charge on any atom is 0.309 e. The zero-order chi connectivity index (χ0) is 34.7. The van der Waals surface area contributed by atoms with Gasteiger partial charge in [0.05, 0.1) is 25.2 Å². The maximum atomic E-state index is 12.7. The number of hydrogen-bond donors (Lipinski definition) is 7. The number of phenols is 3. The molecule has 0 bridgehead atoms. The van der Waals surface area contributed by atoms with E-state index in [1.54, 1.807) is 30.3 Å². The van der Waals surface area contributed by atoms with E-state index in [0.717, 1.165) is 25.3 Å². The largest absolute Gasteiger partial charge is 0.508 e. The molecule has 0 radical (unpaired) electrons. The fraction of sp³-hybridized carbons (Fsp3) is 0.429. The number of carbonyl (C=O) groups is 2. The standard InChI is InChI=1S/C25H22O10.C10H18O3/c1-32-17-6-11(2-4-14(17)28)24-20(10-26)33-16-5-3-12(7-18(16)34-24)25-23(31)22(30)21-15(29)8-13(27)9-19(21)35-25;1-2-8(9(11)12)10(13)6-4-3-5-7-10/h2-9,20,23-29,31H,10H2,1H3;8,13H,2-7H2,1H3,(H,11,12). The van der Waals surface area contributed by atoms with Gasteiger partial charge < -0.3 is 54.7 Å². The number of ether oxygens (including phenoxy) is 4. The van der Waals surface area contributed by atoms with Gasteiger partial charge in [-0.05, 0) is 49.1 Å². The normalized spacial score (nSPS) is 23.1. The first kappa shape index (κ1) is 34.6. The molecule has 1 aliphatic carbocycles. The summed E-state index contributed by atoms with van der Waals surface area (Å²) in [5.74, 6) is -2.25. The van der Waals surface area contributed by atoms with Gasteiger partial charge in [-0.15, -0.1) is 0 Å². The Labute approximate surface area is 276 Å². The SMILES string of the molecule is CCC(C(=O)O)C1(O)CCCCC1.COc1cc(C2Oc3cc(C4Oc5cc(O)cc(O)c5C(=O)C4O)ccc3OC2CO)ccc1O. The highest BCUT2D eigenvalue weighted by atomic mass is 16.6. The number of carboxylic acids is 1. The molecule has 7 N–H and O–H groups in total. The Bertz CT molecular complexity index is 1650. The molecular weight excluding hydrogens is 628 g/mol. The van der Waals surface area contributed by atoms with Gasteiger partial charge in [-0.1, -0.05) is 38.3 Å². The molecule has 5 unspecified atom stereocenters. The van der Waals surface area contributed by atoms with E-state index in [1.165, 1.54) is 19.2 Å². The number of carboxylic acid groups (broad SMARTS) is 1. The summed E-state index contributed by atoms with van der Waals surface area (Å²) in [7, 11) is 1.41. The fourth-order valence-corrected chi connectivity index (χ4v) is 6.58. The molecule has 0 amide bonds. The number of carbonyl (C=O) groups excluding carboxylic acids is 1. The average Bonchev–Trinajstić information content (AvgIpc) is 3.06. The second-order valence-corrected chi connectivity index (χ2v) is 12.2. The molecule has 13 heteroatoms. The zero-order valence-electron chi connectivity index (χ0n) is 26.5. The van der Waals surface area contributed by atoms with Crippen LogP contribution in [0.15, 0.2) is 48.5 Å². The van der Waals surface area contributed by atoms with Crippen molar-refractivity contribution < 1.29 is 64.3 Å². The lowest BCUT2D eigenvalue weighted by Gasteiger charge is -2.36. The van der Waals surface area contributed by atoms with Crippen molar-refractivity contribution in [3.05, 3.63) is 65.2 Å². The highest BCUT2D eigenvalue weighted by Crippen LogP contribution is 2.46. The Morgan fingerprint density at radius 1 is 0.896 bits per heavy atom. The van der Waals surface area contributed by atoms with Crippen LogP contribution in [-0.2, 0) is 4.79 Å². The summed E-state index contributed by atoms with van der Waals surface area (Å²) in [6.45, 7) is 1.48. The van der Waals surface area contributed by atoms with Crippen molar-refractivity contribution in [2.24, 2.45) is 5.92 Å². The second kappa shape index (κ2) is 14.2. The number of rotatable bonds is 7. The summed E-state index contributed by atoms with van der Waals surface area (Å²) in [6, 6.07) is 11.5. The zero-order valence-corrected chi connectivity index (χ0v) is 26.5. The molecule has 2 heterocycles. The number of Topliss-reactive ketones (excluding diaryl/α,β-unsaturated/α-hetero) is 1. The lowest BCUT2D eigenvalue weighted by Crippen LogP contribution is -2.43. The lowest BCUT2D eigenvalue weighted by atomic mass is 9.74. The molecule has 1 fully saturated rings. The molecule has 3 aromatic rings. The Balaban J connectivity index is 0.000000292. The van der Waals surface area contributed by atoms with Gasteiger partial charge in [0.2, 0.25) is 5.78 Å². The first-order valence-corrected chi connectivity index (χ1v) is 15.8. The van der Waals surface area contributed by atoms with Crippen molar-refractivity contribution >= 4 is 11.8 Å². The van der Waals surface area contributed by atoms with Crippen molar-refractivity contribution in [3.63, 3.8) is 0 Å². The highest BCUT2D eigenvalue weighted by molar-refractivity contribution is 6.05. The summed E-state index contributed by atoms with van der Waals surface area (Å²) >= 11 is 0. The number of aliphatic carboxylic acids is 1. The van der Waals surface area contributed by atoms with Crippen LogP contribution in [0.3, 0.4) is 0 Å². The van der Waals surface area contributed by atoms with Crippen molar-refractivity contribution in [2.45, 2.75) is 75.5 Å². The van der Waals surface area contributed by atoms with E-state index in [2.05, 4.69) is 0 Å². The molecular formula is C35H40O13. The van der Waals surface area contributed by atoms with Crippen molar-refractivity contribution in [1.82, 2.24) is 0 Å². The molecule has 2 aliphatic heterocycles. The second-order valence-electron chi connectivity index (χ2n) is 12.2. The smallest absolute Gasteiger partial charge is 0.309 e. The molecule has 48 heavy (non-hydrogen) atoms. The molecule has 0 spiro atoms. The number of phenolic OH excluding ortho intramolecular Hbond substituents is 3. The summed E-state index contributed by atoms with van der Waals surface area (Å²) in [5, 5.41) is 69.3. The van der Waals surface area contributed by atoms with E-state index in [1.807, 2.05) is 6.92 Å². The fourth-order valence-electron chi connectivity index (χ4n) is 6.58. The van der Waals surface area contributed by atoms with Crippen molar-refractivity contribution in [2.75, 3.05) is 13.7 Å². The molecule has 0 aromatic heterocycles. The summed E-state index contributed by atoms with van der Waals surface area (Å²) in [4.78, 5) is 23.6. The monoisotopic (exact) mass is 668 g/mol. The van der Waals surface area contributed by atoms with Gasteiger partial charge >= 0.3 is 5.97 Å². The number of methoxy groups -OCH3 is 1. The molecule has 1 saturated carbocycles. The van der Waals surface area contributed by atoms with Crippen molar-refractivity contribution in [3.8, 4) is 40.2 Å². The van der Waals surface area contributed by atoms with Crippen LogP contribution < -0.4 is 18.9 Å². The molecule has 3 aliphatic rings. The van der Waals surface area contributed by atoms with Gasteiger partial charge in [-0.2, -0.15) is 0 Å². The molecule has 6 rings (SSSR count). The number of hydrogen-bond acceptors (Lipinski definition) is 12. The Hall–Kier alpha value is -4.72. The molecule has 3 aromatic carbocycles. The Morgan fingerprint density at radius 3 is 2.21 bits per heavy atom. The predicted octanol–water partition coefficient (Wildman–Crippen LogP) is 4.16. The highest BCUT2D eigenvalue weighted by Gasteiger charge is 2.42. The van der Waals surface area contributed by atoms with Crippen LogP contribution >= 0.6 is 0 Å². The minimum Gasteiger partial charge on any atom is -0.508 e. The first-order chi connectivity index (χ1) is 22.9. The molecule has 13 nitrogen and oxygen atoms in total. The van der Waals surface area contributed by atoms with Crippen LogP contribution in [-0.4, -0.2) is 79.0 Å². The van der Waals surface area contributed by atoms with E-state index in [9.17, 15) is 40.2 Å². The third-order valence-electron chi connectivity index (χ3n) is 9.07. The van der Waals surface area contributed by atoms with Gasteiger partial charge in [0.15, 0.2) is 47.4 Å². The first-order valence-electron chi connectivity index (χ1n) is 15.8. The summed E-state index contributed by atoms with van der Waals surface area (Å²) in [6.07, 6.45) is 0.584. The quantitative estimate of drug-likeness (QED) is 0.189. The van der Waals surface area contributed by atoms with Crippen molar-refractivity contribution in [1.29, 1.82) is 0 Å². The summed E-state index contributed by atoms with van der Waals surface area (Å²) in [5.41, 5.74) is -0.181. The van der Waals surface area contributed by atoms with Crippen LogP contribution in [0.25, 0.3) is 0 Å². The summed E-state index contributed by atoms with van der Waals surface area (Å²) < 4.78 is 23.0. The predicted molar refractivity (Wildman–Crippen MR) is 169 cm³/mol. The number of aliphatic hydroxyl groups excluding tert-OH is 2. The van der Waals surface area contributed by atoms with E-state index in [4.69, 9.17) is 24.1 Å². The Kier molecular flexibility index (Phi) is 10.2. The third kappa shape index (κ3) is 6.80. The minimum absolute atomic E-state index is 0.0540. The average molecular weight is 669 g/mol. The van der Waals surface area contributed by atoms with Gasteiger partial charge in [0, 0.05) is 17.7 Å². The van der Waals surface area contributed by atoms with Crippen LogP contribution in [0.4, 0.5) is 0 Å². The number of benzene rings is 3. The minimum atomic E-state index is -1.62. The number of aliphatic hydroxyl groups is 3. The maximum absolute atomic E-state index is 12.7. The number of ketones is 1. The van der Waals surface area contributed by atoms with Gasteiger partial charge in [-0.3, -0.25) is 9.59 Å². The Morgan fingerprint density at radius 2 is 1.56 bits per heavy atom. The van der Waals surface area contributed by atoms with Gasteiger partial charge in [-0.25, -0.2) is 0 Å². The molecule has 0 saturated heterocycles. The van der Waals surface area contributed by atoms with E-state index in [0.29, 0.717) is 36.1 Å². The van der Waals surface area contributed by atoms with Gasteiger partial charge in [0.1, 0.15) is 22.8 Å². The number of fused-ring (bicyclic) bond motifs is 2. The molecule has 258 valence electrons. The van der Waals surface area contributed by atoms with E-state index < -0.39 is 53.4 Å².